The Kier molecular flexibility index (Phi) is 8.28. The molecule has 0 aliphatic rings. The van der Waals surface area contributed by atoms with Crippen LogP contribution >= 0.6 is 15.9 Å². The molecule has 1 atom stereocenters. The molecule has 0 saturated carbocycles. The molecule has 1 unspecified atom stereocenters. The second-order valence-electron chi connectivity index (χ2n) is 5.21. The summed E-state index contributed by atoms with van der Waals surface area (Å²) in [6.45, 7) is 3.99. The Hall–Kier alpha value is -0.720. The van der Waals surface area contributed by atoms with Crippen molar-refractivity contribution in [1.82, 2.24) is 0 Å². The largest absolute Gasteiger partial charge is 0.297 e. The molecular formula is C16H23BrO4S. The monoisotopic (exact) mass is 390 g/mol. The van der Waals surface area contributed by atoms with Gasteiger partial charge in [0.1, 0.15) is 6.10 Å². The van der Waals surface area contributed by atoms with Crippen LogP contribution in [0.3, 0.4) is 0 Å². The zero-order valence-corrected chi connectivity index (χ0v) is 15.5. The third kappa shape index (κ3) is 6.18. The van der Waals surface area contributed by atoms with Crippen LogP contribution in [0.2, 0.25) is 0 Å². The lowest BCUT2D eigenvalue weighted by atomic mass is 10.0. The van der Waals surface area contributed by atoms with E-state index in [-0.39, 0.29) is 10.7 Å². The molecule has 0 heterocycles. The summed E-state index contributed by atoms with van der Waals surface area (Å²) in [5.41, 5.74) is 0. The fourth-order valence-electron chi connectivity index (χ4n) is 1.97. The number of benzene rings is 1. The maximum Gasteiger partial charge on any atom is 0.297 e. The number of unbranched alkanes of at least 4 members (excludes halogenated alkanes) is 2. The Bertz CT molecular complexity index is 566. The molecule has 22 heavy (non-hydrogen) atoms. The molecule has 0 aliphatic heterocycles. The van der Waals surface area contributed by atoms with Crippen molar-refractivity contribution < 1.29 is 17.4 Å². The molecular weight excluding hydrogens is 368 g/mol. The second kappa shape index (κ2) is 9.43. The summed E-state index contributed by atoms with van der Waals surface area (Å²) in [4.78, 5) is 12.2. The number of Topliss-reactive ketones (excluding diaryl/α,β-unsaturated/α-hetero) is 1. The lowest BCUT2D eigenvalue weighted by Crippen LogP contribution is -2.27. The van der Waals surface area contributed by atoms with E-state index in [0.717, 1.165) is 30.2 Å². The predicted octanol–water partition coefficient (Wildman–Crippen LogP) is 4.47. The standard InChI is InChI=1S/C16H23BrO4S/c1-3-5-7-15(18)16(8-6-4-2)21-22(19,20)14-11-9-13(17)10-12-14/h9-12,16H,3-8H2,1-2H3. The smallest absolute Gasteiger partial charge is 0.297 e. The molecule has 4 nitrogen and oxygen atoms in total. The van der Waals surface area contributed by atoms with Gasteiger partial charge >= 0.3 is 0 Å². The number of hydrogen-bond donors (Lipinski definition) is 0. The van der Waals surface area contributed by atoms with Gasteiger partial charge in [-0.15, -0.1) is 0 Å². The van der Waals surface area contributed by atoms with Crippen LogP contribution < -0.4 is 0 Å². The van der Waals surface area contributed by atoms with E-state index in [9.17, 15) is 13.2 Å². The third-order valence-electron chi connectivity index (χ3n) is 3.30. The molecule has 0 aromatic heterocycles. The van der Waals surface area contributed by atoms with Gasteiger partial charge in [0.2, 0.25) is 0 Å². The summed E-state index contributed by atoms with van der Waals surface area (Å²) in [5.74, 6) is -0.129. The summed E-state index contributed by atoms with van der Waals surface area (Å²) in [7, 11) is -3.92. The molecule has 1 aromatic rings. The number of carbonyl (C=O) groups excluding carboxylic acids is 1. The van der Waals surface area contributed by atoms with Gasteiger partial charge in [0.05, 0.1) is 4.90 Å². The molecule has 0 aliphatic carbocycles. The Balaban J connectivity index is 2.86. The van der Waals surface area contributed by atoms with Crippen LogP contribution in [0.4, 0.5) is 0 Å². The van der Waals surface area contributed by atoms with Gasteiger partial charge in [-0.2, -0.15) is 8.42 Å². The summed E-state index contributed by atoms with van der Waals surface area (Å²) in [5, 5.41) is 0. The van der Waals surface area contributed by atoms with Gasteiger partial charge in [-0.25, -0.2) is 0 Å². The van der Waals surface area contributed by atoms with Crippen molar-refractivity contribution in [3.63, 3.8) is 0 Å². The van der Waals surface area contributed by atoms with Crippen molar-refractivity contribution in [3.05, 3.63) is 28.7 Å². The van der Waals surface area contributed by atoms with E-state index < -0.39 is 16.2 Å². The highest BCUT2D eigenvalue weighted by Crippen LogP contribution is 2.20. The van der Waals surface area contributed by atoms with Crippen molar-refractivity contribution in [2.24, 2.45) is 0 Å². The highest BCUT2D eigenvalue weighted by Gasteiger charge is 2.26. The molecule has 0 amide bonds. The van der Waals surface area contributed by atoms with Gasteiger partial charge in [0, 0.05) is 10.9 Å². The quantitative estimate of drug-likeness (QED) is 0.552. The molecule has 0 bridgehead atoms. The van der Waals surface area contributed by atoms with Gasteiger partial charge < -0.3 is 0 Å². The van der Waals surface area contributed by atoms with Crippen molar-refractivity contribution in [1.29, 1.82) is 0 Å². The molecule has 0 radical (unpaired) electrons. The van der Waals surface area contributed by atoms with Gasteiger partial charge in [0.15, 0.2) is 5.78 Å². The average molecular weight is 391 g/mol. The normalized spacial score (nSPS) is 13.0. The Labute approximate surface area is 141 Å². The fourth-order valence-corrected chi connectivity index (χ4v) is 3.33. The van der Waals surface area contributed by atoms with Gasteiger partial charge in [0.25, 0.3) is 10.1 Å². The number of hydrogen-bond acceptors (Lipinski definition) is 4. The predicted molar refractivity (Wildman–Crippen MR) is 90.3 cm³/mol. The lowest BCUT2D eigenvalue weighted by molar-refractivity contribution is -0.126. The first-order valence-corrected chi connectivity index (χ1v) is 9.82. The minimum absolute atomic E-state index is 0.0699. The fraction of sp³-hybridized carbons (Fsp3) is 0.562. The molecule has 1 rings (SSSR count). The molecule has 0 saturated heterocycles. The first-order valence-electron chi connectivity index (χ1n) is 7.62. The topological polar surface area (TPSA) is 60.4 Å². The Morgan fingerprint density at radius 1 is 1.14 bits per heavy atom. The van der Waals surface area contributed by atoms with E-state index in [0.29, 0.717) is 12.8 Å². The minimum atomic E-state index is -3.92. The van der Waals surface area contributed by atoms with E-state index >= 15 is 0 Å². The van der Waals surface area contributed by atoms with Crippen LogP contribution in [-0.4, -0.2) is 20.3 Å². The van der Waals surface area contributed by atoms with E-state index in [4.69, 9.17) is 4.18 Å². The van der Waals surface area contributed by atoms with Crippen LogP contribution in [-0.2, 0) is 19.1 Å². The van der Waals surface area contributed by atoms with Crippen molar-refractivity contribution in [2.75, 3.05) is 0 Å². The van der Waals surface area contributed by atoms with Crippen molar-refractivity contribution in [2.45, 2.75) is 63.4 Å². The third-order valence-corrected chi connectivity index (χ3v) is 5.16. The summed E-state index contributed by atoms with van der Waals surface area (Å²) < 4.78 is 30.6. The first kappa shape index (κ1) is 19.3. The van der Waals surface area contributed by atoms with Crippen LogP contribution in [0, 0.1) is 0 Å². The van der Waals surface area contributed by atoms with Crippen LogP contribution in [0.15, 0.2) is 33.6 Å². The number of carbonyl (C=O) groups is 1. The van der Waals surface area contributed by atoms with Crippen molar-refractivity contribution >= 4 is 31.8 Å². The van der Waals surface area contributed by atoms with Gasteiger partial charge in [-0.05, 0) is 37.1 Å². The van der Waals surface area contributed by atoms with E-state index in [1.54, 1.807) is 12.1 Å². The van der Waals surface area contributed by atoms with Gasteiger partial charge in [-0.1, -0.05) is 49.0 Å². The minimum Gasteiger partial charge on any atom is -0.297 e. The van der Waals surface area contributed by atoms with E-state index in [1.807, 2.05) is 13.8 Å². The summed E-state index contributed by atoms with van der Waals surface area (Å²) in [6, 6.07) is 6.20. The SMILES string of the molecule is CCCCC(=O)C(CCCC)OS(=O)(=O)c1ccc(Br)cc1. The second-order valence-corrected chi connectivity index (χ2v) is 7.69. The molecule has 1 aromatic carbocycles. The molecule has 0 fully saturated rings. The summed E-state index contributed by atoms with van der Waals surface area (Å²) in [6.07, 6.45) is 3.22. The molecule has 0 N–H and O–H groups in total. The Morgan fingerprint density at radius 3 is 2.27 bits per heavy atom. The number of ketones is 1. The van der Waals surface area contributed by atoms with Gasteiger partial charge in [-0.3, -0.25) is 8.98 Å². The van der Waals surface area contributed by atoms with Crippen LogP contribution in [0.5, 0.6) is 0 Å². The zero-order chi connectivity index (χ0) is 16.6. The number of halogens is 1. The van der Waals surface area contributed by atoms with E-state index in [1.165, 1.54) is 12.1 Å². The molecule has 0 spiro atoms. The Morgan fingerprint density at radius 2 is 1.73 bits per heavy atom. The highest BCUT2D eigenvalue weighted by atomic mass is 79.9. The van der Waals surface area contributed by atoms with Crippen LogP contribution in [0.25, 0.3) is 0 Å². The van der Waals surface area contributed by atoms with Crippen molar-refractivity contribution in [3.8, 4) is 0 Å². The van der Waals surface area contributed by atoms with E-state index in [2.05, 4.69) is 15.9 Å². The molecule has 6 heteroatoms. The molecule has 124 valence electrons. The summed E-state index contributed by atoms with van der Waals surface area (Å²) >= 11 is 3.26. The maximum atomic E-state index is 12.3. The highest BCUT2D eigenvalue weighted by molar-refractivity contribution is 9.10. The number of rotatable bonds is 10. The zero-order valence-electron chi connectivity index (χ0n) is 13.0. The maximum absolute atomic E-state index is 12.3. The lowest BCUT2D eigenvalue weighted by Gasteiger charge is -2.16. The van der Waals surface area contributed by atoms with Crippen LogP contribution in [0.1, 0.15) is 52.4 Å². The average Bonchev–Trinajstić information content (AvgIpc) is 2.49. The first-order chi connectivity index (χ1) is 10.4.